The molecular weight excluding hydrogens is 729 g/mol. The molecule has 0 bridgehead atoms. The van der Waals surface area contributed by atoms with Gasteiger partial charge in [-0.15, -0.1) is 0 Å². The van der Waals surface area contributed by atoms with Crippen LogP contribution in [0.1, 0.15) is 98.7 Å². The number of amides is 4. The fourth-order valence-electron chi connectivity index (χ4n) is 7.93. The molecule has 2 aliphatic rings. The molecule has 0 aliphatic carbocycles. The predicted molar refractivity (Wildman–Crippen MR) is 224 cm³/mol. The number of aromatic nitrogens is 2. The molecule has 4 amide bonds. The van der Waals surface area contributed by atoms with E-state index in [4.69, 9.17) is 9.72 Å². The van der Waals surface area contributed by atoms with Gasteiger partial charge in [0.15, 0.2) is 0 Å². The summed E-state index contributed by atoms with van der Waals surface area (Å²) >= 11 is 0. The van der Waals surface area contributed by atoms with E-state index in [0.717, 1.165) is 66.0 Å². The molecule has 4 atom stereocenters. The number of H-pyrrole nitrogens is 1. The maximum Gasteiger partial charge on any atom is 0.408 e. The van der Waals surface area contributed by atoms with Crippen LogP contribution >= 0.6 is 0 Å². The van der Waals surface area contributed by atoms with Crippen LogP contribution in [0.3, 0.4) is 0 Å². The number of imidazole rings is 1. The van der Waals surface area contributed by atoms with Gasteiger partial charge in [-0.25, -0.2) is 9.78 Å². The van der Waals surface area contributed by atoms with Crippen LogP contribution in [0.5, 0.6) is 0 Å². The summed E-state index contributed by atoms with van der Waals surface area (Å²) in [5, 5.41) is 5.80. The number of carbonyl (C=O) groups is 4. The van der Waals surface area contributed by atoms with Crippen LogP contribution in [-0.4, -0.2) is 74.9 Å². The number of aromatic amines is 1. The molecule has 11 nitrogen and oxygen atoms in total. The third-order valence-electron chi connectivity index (χ3n) is 11.0. The van der Waals surface area contributed by atoms with E-state index in [9.17, 15) is 19.2 Å². The summed E-state index contributed by atoms with van der Waals surface area (Å²) in [6.07, 6.45) is 4.51. The molecule has 0 radical (unpaired) electrons. The van der Waals surface area contributed by atoms with Gasteiger partial charge in [0, 0.05) is 31.2 Å². The van der Waals surface area contributed by atoms with Gasteiger partial charge in [-0.2, -0.15) is 0 Å². The van der Waals surface area contributed by atoms with Crippen LogP contribution in [0.4, 0.5) is 4.79 Å². The fraction of sp³-hybridized carbons (Fsp3) is 0.340. The van der Waals surface area contributed by atoms with Crippen LogP contribution in [-0.2, 0) is 14.3 Å². The van der Waals surface area contributed by atoms with E-state index >= 15 is 0 Å². The minimum atomic E-state index is -0.917. The standard InChI is InChI=1S/C47H52N6O5/c1-31(32-13-7-5-8-14-32)44(55)53-28-12-18-40(53)42-48-30-39(50-42)35-23-19-33(20-24-35)34-21-25-37(26-22-34)43(54)49-29-38-17-11-27-52(38)45(56)41(36-15-9-6-10-16-36)51-46(57)58-47(2,3)4/h5-10,13-16,19-26,30-31,38,40-41H,11-12,17-18,27-29H2,1-4H3,(H,48,50)(H,49,54)(H,51,57)/t31-,38+,40+,41-/m1/s1. The minimum absolute atomic E-state index is 0.0814. The van der Waals surface area contributed by atoms with Crippen LogP contribution in [0.25, 0.3) is 22.4 Å². The van der Waals surface area contributed by atoms with Gasteiger partial charge in [-0.1, -0.05) is 97.1 Å². The third-order valence-corrected chi connectivity index (χ3v) is 11.0. The zero-order chi connectivity index (χ0) is 40.8. The Labute approximate surface area is 340 Å². The molecule has 300 valence electrons. The highest BCUT2D eigenvalue weighted by Crippen LogP contribution is 2.35. The average molecular weight is 781 g/mol. The summed E-state index contributed by atoms with van der Waals surface area (Å²) < 4.78 is 5.47. The van der Waals surface area contributed by atoms with Crippen molar-refractivity contribution in [3.05, 3.63) is 138 Å². The lowest BCUT2D eigenvalue weighted by atomic mass is 9.99. The van der Waals surface area contributed by atoms with Crippen molar-refractivity contribution in [2.45, 2.75) is 83.0 Å². The Morgan fingerprint density at radius 1 is 0.759 bits per heavy atom. The maximum atomic E-state index is 13.9. The van der Waals surface area contributed by atoms with E-state index in [0.29, 0.717) is 24.2 Å². The van der Waals surface area contributed by atoms with Gasteiger partial charge in [0.25, 0.3) is 5.91 Å². The highest BCUT2D eigenvalue weighted by atomic mass is 16.6. The van der Waals surface area contributed by atoms with Gasteiger partial charge in [-0.3, -0.25) is 14.4 Å². The summed E-state index contributed by atoms with van der Waals surface area (Å²) in [5.41, 5.74) is 5.34. The van der Waals surface area contributed by atoms with Crippen molar-refractivity contribution in [1.82, 2.24) is 30.4 Å². The summed E-state index contributed by atoms with van der Waals surface area (Å²) in [7, 11) is 0. The van der Waals surface area contributed by atoms with Crippen LogP contribution in [0.2, 0.25) is 0 Å². The molecule has 2 saturated heterocycles. The topological polar surface area (TPSA) is 137 Å². The van der Waals surface area contributed by atoms with E-state index in [1.54, 1.807) is 37.8 Å². The van der Waals surface area contributed by atoms with Gasteiger partial charge in [0.2, 0.25) is 11.8 Å². The van der Waals surface area contributed by atoms with Crippen LogP contribution in [0.15, 0.2) is 115 Å². The van der Waals surface area contributed by atoms with E-state index in [1.807, 2.05) is 115 Å². The first-order valence-corrected chi connectivity index (χ1v) is 20.2. The zero-order valence-electron chi connectivity index (χ0n) is 33.6. The minimum Gasteiger partial charge on any atom is -0.444 e. The quantitative estimate of drug-likeness (QED) is 0.124. The van der Waals surface area contributed by atoms with Crippen LogP contribution in [0, 0.1) is 0 Å². The Bertz CT molecular complexity index is 2200. The number of nitrogens with zero attached hydrogens (tertiary/aromatic N) is 3. The lowest BCUT2D eigenvalue weighted by molar-refractivity contribution is -0.134. The lowest BCUT2D eigenvalue weighted by Gasteiger charge is -2.30. The van der Waals surface area contributed by atoms with Crippen molar-refractivity contribution in [1.29, 1.82) is 0 Å². The first-order valence-electron chi connectivity index (χ1n) is 20.2. The van der Waals surface area contributed by atoms with E-state index < -0.39 is 17.7 Å². The lowest BCUT2D eigenvalue weighted by Crippen LogP contribution is -2.49. The normalized spacial score (nSPS) is 17.7. The smallest absolute Gasteiger partial charge is 0.408 e. The summed E-state index contributed by atoms with van der Waals surface area (Å²) in [5.74, 6) is 0.245. The highest BCUT2D eigenvalue weighted by Gasteiger charge is 2.36. The number of benzene rings is 4. The van der Waals surface area contributed by atoms with Crippen molar-refractivity contribution in [2.75, 3.05) is 19.6 Å². The Morgan fingerprint density at radius 3 is 2.00 bits per heavy atom. The van der Waals surface area contributed by atoms with Gasteiger partial charge in [0.05, 0.1) is 23.9 Å². The second-order valence-electron chi connectivity index (χ2n) is 16.2. The van der Waals surface area contributed by atoms with Gasteiger partial charge < -0.3 is 30.2 Å². The first-order chi connectivity index (χ1) is 27.9. The van der Waals surface area contributed by atoms with E-state index in [2.05, 4.69) is 15.6 Å². The number of rotatable bonds is 11. The van der Waals surface area contributed by atoms with Gasteiger partial charge >= 0.3 is 6.09 Å². The summed E-state index contributed by atoms with van der Waals surface area (Å²) in [6, 6.07) is 33.5. The SMILES string of the molecule is C[C@@H](C(=O)N1CCC[C@H]1c1ncc(-c2ccc(-c3ccc(C(=O)NC[C@@H]4CCCN4C(=O)[C@H](NC(=O)OC(C)(C)C)c4ccccc4)cc3)cc2)[nH]1)c1ccccc1. The number of alkyl carbamates (subject to hydrolysis) is 1. The van der Waals surface area contributed by atoms with Gasteiger partial charge in [-0.05, 0) is 93.3 Å². The highest BCUT2D eigenvalue weighted by molar-refractivity contribution is 5.95. The van der Waals surface area contributed by atoms with E-state index in [1.165, 1.54) is 0 Å². The first kappa shape index (κ1) is 40.0. The molecule has 5 aromatic rings. The molecule has 4 aromatic carbocycles. The Balaban J connectivity index is 0.948. The van der Waals surface area contributed by atoms with Crippen molar-refractivity contribution in [3.63, 3.8) is 0 Å². The van der Waals surface area contributed by atoms with Crippen molar-refractivity contribution in [3.8, 4) is 22.4 Å². The largest absolute Gasteiger partial charge is 0.444 e. The molecule has 2 fully saturated rings. The number of ether oxygens (including phenoxy) is 1. The maximum absolute atomic E-state index is 13.9. The van der Waals surface area contributed by atoms with Crippen LogP contribution < -0.4 is 10.6 Å². The Morgan fingerprint density at radius 2 is 1.34 bits per heavy atom. The van der Waals surface area contributed by atoms with Crippen molar-refractivity contribution < 1.29 is 23.9 Å². The molecule has 0 unspecified atom stereocenters. The molecule has 0 saturated carbocycles. The zero-order valence-corrected chi connectivity index (χ0v) is 33.6. The number of nitrogens with one attached hydrogen (secondary N) is 3. The summed E-state index contributed by atoms with van der Waals surface area (Å²) in [6.45, 7) is 8.84. The second kappa shape index (κ2) is 17.5. The van der Waals surface area contributed by atoms with Crippen molar-refractivity contribution >= 4 is 23.8 Å². The third kappa shape index (κ3) is 9.31. The number of carbonyl (C=O) groups excluding carboxylic acids is 4. The molecule has 3 heterocycles. The Hall–Kier alpha value is -6.23. The number of hydrogen-bond donors (Lipinski definition) is 3. The fourth-order valence-corrected chi connectivity index (χ4v) is 7.93. The number of hydrogen-bond acceptors (Lipinski definition) is 6. The molecule has 1 aromatic heterocycles. The molecular formula is C47H52N6O5. The molecule has 11 heteroatoms. The van der Waals surface area contributed by atoms with Gasteiger partial charge in [0.1, 0.15) is 17.5 Å². The molecule has 3 N–H and O–H groups in total. The summed E-state index contributed by atoms with van der Waals surface area (Å²) in [4.78, 5) is 65.4. The second-order valence-corrected chi connectivity index (χ2v) is 16.2. The molecule has 58 heavy (non-hydrogen) atoms. The monoisotopic (exact) mass is 780 g/mol. The predicted octanol–water partition coefficient (Wildman–Crippen LogP) is 8.20. The average Bonchev–Trinajstić information content (AvgIpc) is 4.03. The molecule has 2 aliphatic heterocycles. The Kier molecular flexibility index (Phi) is 12.1. The molecule has 7 rings (SSSR count). The van der Waals surface area contributed by atoms with E-state index in [-0.39, 0.29) is 35.7 Å². The number of likely N-dealkylation sites (tertiary alicyclic amines) is 2. The molecule has 0 spiro atoms. The van der Waals surface area contributed by atoms with Crippen molar-refractivity contribution in [2.24, 2.45) is 0 Å².